The number of halogens is 1. The lowest BCUT2D eigenvalue weighted by molar-refractivity contribution is 0.135. The van der Waals surface area contributed by atoms with Gasteiger partial charge in [-0.05, 0) is 34.6 Å². The molecule has 3 heteroatoms. The van der Waals surface area contributed by atoms with Gasteiger partial charge in [0.25, 0.3) is 0 Å². The van der Waals surface area contributed by atoms with Gasteiger partial charge in [0.1, 0.15) is 0 Å². The fraction of sp³-hybridized carbons (Fsp3) is 0.368. The lowest BCUT2D eigenvalue weighted by Crippen LogP contribution is -2.47. The number of benzene rings is 2. The highest BCUT2D eigenvalue weighted by Crippen LogP contribution is 2.46. The second kappa shape index (κ2) is 6.04. The maximum absolute atomic E-state index is 6.20. The largest absolute Gasteiger partial charge is 0.327 e. The Morgan fingerprint density at radius 3 is 2.05 bits per heavy atom. The molecule has 0 radical (unpaired) electrons. The van der Waals surface area contributed by atoms with Crippen LogP contribution in [0.1, 0.15) is 30.5 Å². The van der Waals surface area contributed by atoms with Crippen molar-refractivity contribution in [3.8, 4) is 11.1 Å². The molecule has 22 heavy (non-hydrogen) atoms. The molecule has 116 valence electrons. The van der Waals surface area contributed by atoms with E-state index in [1.54, 1.807) is 0 Å². The van der Waals surface area contributed by atoms with Gasteiger partial charge >= 0.3 is 0 Å². The molecule has 2 N–H and O–H groups in total. The summed E-state index contributed by atoms with van der Waals surface area (Å²) in [5.41, 5.74) is 11.9. The Labute approximate surface area is 138 Å². The normalized spacial score (nSPS) is 24.5. The van der Waals surface area contributed by atoms with Gasteiger partial charge in [0, 0.05) is 19.1 Å². The average molecular weight is 315 g/mol. The first kappa shape index (κ1) is 15.5. The van der Waals surface area contributed by atoms with E-state index in [-0.39, 0.29) is 12.4 Å². The number of hydrogen-bond acceptors (Lipinski definition) is 2. The van der Waals surface area contributed by atoms with E-state index in [1.165, 1.54) is 22.3 Å². The number of rotatable bonds is 1. The summed E-state index contributed by atoms with van der Waals surface area (Å²) in [6.45, 7) is 4.47. The lowest BCUT2D eigenvalue weighted by atomic mass is 9.91. The second-order valence-corrected chi connectivity index (χ2v) is 6.50. The average Bonchev–Trinajstić information content (AvgIpc) is 2.85. The summed E-state index contributed by atoms with van der Waals surface area (Å²) in [7, 11) is 0. The topological polar surface area (TPSA) is 29.3 Å². The van der Waals surface area contributed by atoms with Crippen molar-refractivity contribution in [3.05, 3.63) is 59.7 Å². The zero-order valence-corrected chi connectivity index (χ0v) is 13.7. The van der Waals surface area contributed by atoms with Crippen LogP contribution in [0.25, 0.3) is 11.1 Å². The van der Waals surface area contributed by atoms with E-state index in [2.05, 4.69) is 60.4 Å². The third-order valence-corrected chi connectivity index (χ3v) is 5.17. The molecule has 0 bridgehead atoms. The zero-order valence-electron chi connectivity index (χ0n) is 12.9. The van der Waals surface area contributed by atoms with Crippen molar-refractivity contribution in [2.45, 2.75) is 25.4 Å². The van der Waals surface area contributed by atoms with E-state index in [0.29, 0.717) is 18.0 Å². The molecule has 2 unspecified atom stereocenters. The van der Waals surface area contributed by atoms with Gasteiger partial charge in [-0.3, -0.25) is 4.90 Å². The number of piperidine rings is 1. The molecule has 2 aromatic rings. The van der Waals surface area contributed by atoms with Crippen LogP contribution in [0.4, 0.5) is 0 Å². The molecule has 1 saturated heterocycles. The minimum absolute atomic E-state index is 0. The first-order chi connectivity index (χ1) is 10.3. The predicted octanol–water partition coefficient (Wildman–Crippen LogP) is 3.85. The minimum Gasteiger partial charge on any atom is -0.327 e. The Morgan fingerprint density at radius 2 is 1.50 bits per heavy atom. The van der Waals surface area contributed by atoms with Gasteiger partial charge in [0.15, 0.2) is 0 Å². The van der Waals surface area contributed by atoms with Crippen molar-refractivity contribution in [2.75, 3.05) is 13.1 Å². The standard InChI is InChI=1S/C19H22N2.ClH/c1-13-12-21(11-10-18(13)20)19-16-8-4-2-6-14(16)15-7-3-5-9-17(15)19;/h2-9,13,18-19H,10-12,20H2,1H3;1H. The number of likely N-dealkylation sites (tertiary alicyclic amines) is 1. The summed E-state index contributed by atoms with van der Waals surface area (Å²) >= 11 is 0. The van der Waals surface area contributed by atoms with Gasteiger partial charge < -0.3 is 5.73 Å². The molecule has 1 fully saturated rings. The van der Waals surface area contributed by atoms with Crippen molar-refractivity contribution in [2.24, 2.45) is 11.7 Å². The minimum atomic E-state index is 0. The van der Waals surface area contributed by atoms with Crippen LogP contribution in [0.3, 0.4) is 0 Å². The van der Waals surface area contributed by atoms with Gasteiger partial charge in [-0.2, -0.15) is 0 Å². The lowest BCUT2D eigenvalue weighted by Gasteiger charge is -2.39. The van der Waals surface area contributed by atoms with Gasteiger partial charge in [-0.25, -0.2) is 0 Å². The van der Waals surface area contributed by atoms with Crippen LogP contribution >= 0.6 is 12.4 Å². The molecule has 2 atom stereocenters. The zero-order chi connectivity index (χ0) is 14.4. The van der Waals surface area contributed by atoms with Crippen molar-refractivity contribution < 1.29 is 0 Å². The van der Waals surface area contributed by atoms with Crippen LogP contribution in [-0.2, 0) is 0 Å². The van der Waals surface area contributed by atoms with E-state index in [0.717, 1.165) is 19.5 Å². The molecule has 1 aliphatic heterocycles. The SMILES string of the molecule is CC1CN(C2c3ccccc3-c3ccccc32)CCC1N.Cl. The van der Waals surface area contributed by atoms with Crippen LogP contribution in [0.15, 0.2) is 48.5 Å². The highest BCUT2D eigenvalue weighted by atomic mass is 35.5. The van der Waals surface area contributed by atoms with Crippen LogP contribution in [-0.4, -0.2) is 24.0 Å². The molecule has 0 aromatic heterocycles. The summed E-state index contributed by atoms with van der Waals surface area (Å²) < 4.78 is 0. The maximum Gasteiger partial charge on any atom is 0.0614 e. The molecule has 1 aliphatic carbocycles. The molecule has 0 spiro atoms. The molecule has 0 saturated carbocycles. The van der Waals surface area contributed by atoms with Crippen molar-refractivity contribution in [1.82, 2.24) is 4.90 Å². The second-order valence-electron chi connectivity index (χ2n) is 6.50. The van der Waals surface area contributed by atoms with E-state index >= 15 is 0 Å². The quantitative estimate of drug-likeness (QED) is 0.866. The predicted molar refractivity (Wildman–Crippen MR) is 94.3 cm³/mol. The van der Waals surface area contributed by atoms with E-state index in [1.807, 2.05) is 0 Å². The van der Waals surface area contributed by atoms with Crippen molar-refractivity contribution >= 4 is 12.4 Å². The molecule has 2 nitrogen and oxygen atoms in total. The Kier molecular flexibility index (Phi) is 4.26. The molecule has 4 rings (SSSR count). The van der Waals surface area contributed by atoms with Crippen LogP contribution < -0.4 is 5.73 Å². The summed E-state index contributed by atoms with van der Waals surface area (Å²) in [4.78, 5) is 2.62. The highest BCUT2D eigenvalue weighted by Gasteiger charge is 2.35. The first-order valence-electron chi connectivity index (χ1n) is 7.93. The maximum atomic E-state index is 6.20. The fourth-order valence-electron chi connectivity index (χ4n) is 3.95. The smallest absolute Gasteiger partial charge is 0.0614 e. The van der Waals surface area contributed by atoms with E-state index in [9.17, 15) is 0 Å². The molecule has 0 amide bonds. The molecule has 2 aromatic carbocycles. The van der Waals surface area contributed by atoms with Gasteiger partial charge in [-0.15, -0.1) is 12.4 Å². The molecular weight excluding hydrogens is 292 g/mol. The fourth-order valence-corrected chi connectivity index (χ4v) is 3.95. The first-order valence-corrected chi connectivity index (χ1v) is 7.93. The molecular formula is C19H23ClN2. The number of nitrogens with zero attached hydrogens (tertiary/aromatic N) is 1. The number of hydrogen-bond donors (Lipinski definition) is 1. The Bertz CT molecular complexity index is 624. The monoisotopic (exact) mass is 314 g/mol. The highest BCUT2D eigenvalue weighted by molar-refractivity contribution is 5.85. The number of nitrogens with two attached hydrogens (primary N) is 1. The Morgan fingerprint density at radius 1 is 0.955 bits per heavy atom. The van der Waals surface area contributed by atoms with Gasteiger partial charge in [-0.1, -0.05) is 55.5 Å². The third kappa shape index (κ3) is 2.36. The van der Waals surface area contributed by atoms with Crippen molar-refractivity contribution in [3.63, 3.8) is 0 Å². The summed E-state index contributed by atoms with van der Waals surface area (Å²) in [5.74, 6) is 0.568. The van der Waals surface area contributed by atoms with E-state index < -0.39 is 0 Å². The summed E-state index contributed by atoms with van der Waals surface area (Å²) in [5, 5.41) is 0. The van der Waals surface area contributed by atoms with Crippen LogP contribution in [0.2, 0.25) is 0 Å². The molecule has 1 heterocycles. The summed E-state index contributed by atoms with van der Waals surface area (Å²) in [6, 6.07) is 18.5. The number of fused-ring (bicyclic) bond motifs is 3. The summed E-state index contributed by atoms with van der Waals surface area (Å²) in [6.07, 6.45) is 1.10. The van der Waals surface area contributed by atoms with Crippen molar-refractivity contribution in [1.29, 1.82) is 0 Å². The Hall–Kier alpha value is -1.35. The van der Waals surface area contributed by atoms with Gasteiger partial charge in [0.05, 0.1) is 6.04 Å². The third-order valence-electron chi connectivity index (χ3n) is 5.17. The molecule has 2 aliphatic rings. The van der Waals surface area contributed by atoms with Crippen LogP contribution in [0.5, 0.6) is 0 Å². The Balaban J connectivity index is 0.00000144. The van der Waals surface area contributed by atoms with E-state index in [4.69, 9.17) is 5.73 Å². The van der Waals surface area contributed by atoms with Crippen LogP contribution in [0, 0.1) is 5.92 Å². The van der Waals surface area contributed by atoms with Gasteiger partial charge in [0.2, 0.25) is 0 Å².